The minimum atomic E-state index is -0.469. The zero-order valence-electron chi connectivity index (χ0n) is 14.5. The Labute approximate surface area is 142 Å². The summed E-state index contributed by atoms with van der Waals surface area (Å²) in [7, 11) is 0. The molecular weight excluding hydrogens is 308 g/mol. The molecule has 0 aliphatic carbocycles. The molecular formula is C17H26N4O3. The van der Waals surface area contributed by atoms with Gasteiger partial charge in [0.2, 0.25) is 5.91 Å². The lowest BCUT2D eigenvalue weighted by Gasteiger charge is -2.33. The van der Waals surface area contributed by atoms with Crippen LogP contribution in [0.2, 0.25) is 0 Å². The summed E-state index contributed by atoms with van der Waals surface area (Å²) in [5.74, 6) is 0.265. The van der Waals surface area contributed by atoms with E-state index in [1.54, 1.807) is 23.4 Å². The van der Waals surface area contributed by atoms with Crippen molar-refractivity contribution in [1.29, 1.82) is 0 Å². The number of aromatic amines is 1. The maximum Gasteiger partial charge on any atom is 0.410 e. The molecule has 7 heteroatoms. The number of piperidine rings is 1. The van der Waals surface area contributed by atoms with Crippen molar-refractivity contribution in [1.82, 2.24) is 20.4 Å². The quantitative estimate of drug-likeness (QED) is 0.826. The van der Waals surface area contributed by atoms with Gasteiger partial charge in [0, 0.05) is 37.5 Å². The van der Waals surface area contributed by atoms with Gasteiger partial charge >= 0.3 is 6.09 Å². The second kappa shape index (κ2) is 7.99. The van der Waals surface area contributed by atoms with Crippen LogP contribution in [-0.4, -0.2) is 52.3 Å². The lowest BCUT2D eigenvalue weighted by atomic mass is 9.97. The van der Waals surface area contributed by atoms with E-state index in [2.05, 4.69) is 15.5 Å². The second-order valence-electron chi connectivity index (χ2n) is 7.02. The molecule has 7 nitrogen and oxygen atoms in total. The summed E-state index contributed by atoms with van der Waals surface area (Å²) < 4.78 is 5.38. The van der Waals surface area contributed by atoms with Crippen molar-refractivity contribution >= 4 is 18.1 Å². The van der Waals surface area contributed by atoms with Gasteiger partial charge < -0.3 is 15.0 Å². The molecule has 2 amide bonds. The van der Waals surface area contributed by atoms with E-state index in [1.807, 2.05) is 20.8 Å². The van der Waals surface area contributed by atoms with Gasteiger partial charge in [0.15, 0.2) is 0 Å². The van der Waals surface area contributed by atoms with Crippen LogP contribution in [0.3, 0.4) is 0 Å². The van der Waals surface area contributed by atoms with Gasteiger partial charge in [0.05, 0.1) is 6.20 Å². The molecule has 0 unspecified atom stereocenters. The largest absolute Gasteiger partial charge is 0.444 e. The van der Waals surface area contributed by atoms with Crippen molar-refractivity contribution in [3.63, 3.8) is 0 Å². The average molecular weight is 334 g/mol. The smallest absolute Gasteiger partial charge is 0.410 e. The number of nitrogens with zero attached hydrogens (tertiary/aromatic N) is 2. The molecule has 1 fully saturated rings. The third-order valence-corrected chi connectivity index (χ3v) is 3.78. The highest BCUT2D eigenvalue weighted by molar-refractivity contribution is 5.91. The number of amides is 2. The van der Waals surface area contributed by atoms with Crippen molar-refractivity contribution in [2.75, 3.05) is 19.6 Å². The first-order chi connectivity index (χ1) is 11.3. The summed E-state index contributed by atoms with van der Waals surface area (Å²) in [6.07, 6.45) is 8.06. The Bertz CT molecular complexity index is 567. The van der Waals surface area contributed by atoms with E-state index in [4.69, 9.17) is 4.74 Å². The number of rotatable bonds is 4. The van der Waals surface area contributed by atoms with Crippen LogP contribution in [0.1, 0.15) is 39.2 Å². The molecule has 0 spiro atoms. The number of aromatic nitrogens is 2. The lowest BCUT2D eigenvalue weighted by molar-refractivity contribution is -0.116. The normalized spacial score (nSPS) is 16.4. The number of nitrogens with one attached hydrogen (secondary N) is 2. The van der Waals surface area contributed by atoms with Gasteiger partial charge in [-0.3, -0.25) is 9.89 Å². The van der Waals surface area contributed by atoms with Crippen LogP contribution in [0.4, 0.5) is 4.79 Å². The minimum Gasteiger partial charge on any atom is -0.444 e. The first-order valence-corrected chi connectivity index (χ1v) is 8.26. The van der Waals surface area contributed by atoms with Gasteiger partial charge in [-0.15, -0.1) is 0 Å². The maximum atomic E-state index is 12.0. The van der Waals surface area contributed by atoms with Gasteiger partial charge in [-0.1, -0.05) is 0 Å². The third-order valence-electron chi connectivity index (χ3n) is 3.78. The molecule has 132 valence electrons. The Kier molecular flexibility index (Phi) is 6.00. The van der Waals surface area contributed by atoms with Crippen LogP contribution in [0.15, 0.2) is 18.5 Å². The summed E-state index contributed by atoms with van der Waals surface area (Å²) in [4.78, 5) is 25.5. The van der Waals surface area contributed by atoms with Gasteiger partial charge in [-0.2, -0.15) is 5.10 Å². The SMILES string of the molecule is CC(C)(C)OC(=O)N1CCC(CNC(=O)C=Cc2cn[nH]c2)CC1. The number of hydrogen-bond donors (Lipinski definition) is 2. The first kappa shape index (κ1) is 18.0. The molecule has 1 aromatic heterocycles. The fourth-order valence-corrected chi connectivity index (χ4v) is 2.47. The highest BCUT2D eigenvalue weighted by atomic mass is 16.6. The molecule has 0 radical (unpaired) electrons. The Morgan fingerprint density at radius 2 is 2.12 bits per heavy atom. The number of ether oxygens (including phenoxy) is 1. The Morgan fingerprint density at radius 3 is 2.71 bits per heavy atom. The van der Waals surface area contributed by atoms with Crippen molar-refractivity contribution in [2.24, 2.45) is 5.92 Å². The van der Waals surface area contributed by atoms with E-state index in [0.717, 1.165) is 18.4 Å². The van der Waals surface area contributed by atoms with Gasteiger partial charge in [0.25, 0.3) is 0 Å². The van der Waals surface area contributed by atoms with Crippen LogP contribution >= 0.6 is 0 Å². The summed E-state index contributed by atoms with van der Waals surface area (Å²) >= 11 is 0. The molecule has 0 bridgehead atoms. The number of hydrogen-bond acceptors (Lipinski definition) is 4. The molecule has 1 saturated heterocycles. The number of likely N-dealkylation sites (tertiary alicyclic amines) is 1. The average Bonchev–Trinajstić information content (AvgIpc) is 3.03. The van der Waals surface area contributed by atoms with Crippen molar-refractivity contribution < 1.29 is 14.3 Å². The van der Waals surface area contributed by atoms with E-state index >= 15 is 0 Å². The second-order valence-corrected chi connectivity index (χ2v) is 7.02. The van der Waals surface area contributed by atoms with E-state index in [1.165, 1.54) is 6.08 Å². The highest BCUT2D eigenvalue weighted by Crippen LogP contribution is 2.19. The molecule has 0 atom stereocenters. The van der Waals surface area contributed by atoms with Crippen LogP contribution < -0.4 is 5.32 Å². The van der Waals surface area contributed by atoms with Crippen LogP contribution in [0, 0.1) is 5.92 Å². The minimum absolute atomic E-state index is 0.120. The monoisotopic (exact) mass is 334 g/mol. The molecule has 0 saturated carbocycles. The number of carbonyl (C=O) groups is 2. The van der Waals surface area contributed by atoms with Gasteiger partial charge in [0.1, 0.15) is 5.60 Å². The zero-order valence-corrected chi connectivity index (χ0v) is 14.5. The molecule has 24 heavy (non-hydrogen) atoms. The van der Waals surface area contributed by atoms with Crippen LogP contribution in [-0.2, 0) is 9.53 Å². The molecule has 2 heterocycles. The lowest BCUT2D eigenvalue weighted by Crippen LogP contribution is -2.43. The summed E-state index contributed by atoms with van der Waals surface area (Å²) in [5, 5.41) is 9.41. The van der Waals surface area contributed by atoms with Crippen LogP contribution in [0.5, 0.6) is 0 Å². The number of H-pyrrole nitrogens is 1. The fourth-order valence-electron chi connectivity index (χ4n) is 2.47. The molecule has 1 aliphatic rings. The van der Waals surface area contributed by atoms with E-state index in [0.29, 0.717) is 25.6 Å². The fraction of sp³-hybridized carbons (Fsp3) is 0.588. The molecule has 2 rings (SSSR count). The highest BCUT2D eigenvalue weighted by Gasteiger charge is 2.26. The summed E-state index contributed by atoms with van der Waals surface area (Å²) in [6.45, 7) is 7.55. The van der Waals surface area contributed by atoms with Gasteiger partial charge in [-0.05, 0) is 45.6 Å². The third kappa shape index (κ3) is 6.06. The topological polar surface area (TPSA) is 87.3 Å². The summed E-state index contributed by atoms with van der Waals surface area (Å²) in [5.41, 5.74) is 0.388. The Morgan fingerprint density at radius 1 is 1.42 bits per heavy atom. The first-order valence-electron chi connectivity index (χ1n) is 8.26. The predicted octanol–water partition coefficient (Wildman–Crippen LogP) is 2.19. The predicted molar refractivity (Wildman–Crippen MR) is 91.2 cm³/mol. The van der Waals surface area contributed by atoms with E-state index in [-0.39, 0.29) is 12.0 Å². The molecule has 1 aliphatic heterocycles. The van der Waals surface area contributed by atoms with Crippen molar-refractivity contribution in [2.45, 2.75) is 39.2 Å². The number of carbonyl (C=O) groups excluding carboxylic acids is 2. The van der Waals surface area contributed by atoms with Crippen molar-refractivity contribution in [3.05, 3.63) is 24.0 Å². The van der Waals surface area contributed by atoms with E-state index < -0.39 is 5.60 Å². The molecule has 1 aromatic rings. The molecule has 2 N–H and O–H groups in total. The standard InChI is InChI=1S/C17H26N4O3/c1-17(2,3)24-16(23)21-8-6-13(7-9-21)10-18-15(22)5-4-14-11-19-20-12-14/h4-5,11-13H,6-10H2,1-3H3,(H,18,22)(H,19,20). The van der Waals surface area contributed by atoms with E-state index in [9.17, 15) is 9.59 Å². The maximum absolute atomic E-state index is 12.0. The zero-order chi connectivity index (χ0) is 17.6. The van der Waals surface area contributed by atoms with Gasteiger partial charge in [-0.25, -0.2) is 4.79 Å². The Hall–Kier alpha value is -2.31. The Balaban J connectivity index is 1.67. The van der Waals surface area contributed by atoms with Crippen LogP contribution in [0.25, 0.3) is 6.08 Å². The van der Waals surface area contributed by atoms with Crippen molar-refractivity contribution in [3.8, 4) is 0 Å². The molecule has 0 aromatic carbocycles. The summed E-state index contributed by atoms with van der Waals surface area (Å²) in [6, 6.07) is 0.